The quantitative estimate of drug-likeness (QED) is 0.686. The van der Waals surface area contributed by atoms with Crippen LogP contribution in [-0.2, 0) is 4.74 Å². The lowest BCUT2D eigenvalue weighted by molar-refractivity contribution is 0.0697. The summed E-state index contributed by atoms with van der Waals surface area (Å²) in [6, 6.07) is 2.85. The molecule has 19 heavy (non-hydrogen) atoms. The van der Waals surface area contributed by atoms with Crippen molar-refractivity contribution in [3.63, 3.8) is 0 Å². The second-order valence-corrected chi connectivity index (χ2v) is 3.55. The van der Waals surface area contributed by atoms with E-state index in [-0.39, 0.29) is 17.8 Å². The first kappa shape index (κ1) is 14.9. The maximum absolute atomic E-state index is 13.5. The van der Waals surface area contributed by atoms with Crippen LogP contribution in [0.1, 0.15) is 17.3 Å². The van der Waals surface area contributed by atoms with E-state index in [9.17, 15) is 14.0 Å². The van der Waals surface area contributed by atoms with E-state index < -0.39 is 17.8 Å². The summed E-state index contributed by atoms with van der Waals surface area (Å²) in [6.45, 7) is 2.92. The highest BCUT2D eigenvalue weighted by atomic mass is 19.1. The molecule has 0 heterocycles. The summed E-state index contributed by atoms with van der Waals surface area (Å²) in [5, 5.41) is 13.5. The molecule has 0 bridgehead atoms. The van der Waals surface area contributed by atoms with Gasteiger partial charge in [0.25, 0.3) is 0 Å². The number of benzene rings is 1. The van der Waals surface area contributed by atoms with Crippen LogP contribution >= 0.6 is 0 Å². The number of halogens is 1. The van der Waals surface area contributed by atoms with Gasteiger partial charge < -0.3 is 20.5 Å². The van der Waals surface area contributed by atoms with E-state index in [0.29, 0.717) is 13.2 Å². The van der Waals surface area contributed by atoms with Crippen molar-refractivity contribution >= 4 is 17.7 Å². The van der Waals surface area contributed by atoms with Crippen LogP contribution in [0, 0.1) is 5.82 Å². The number of anilines is 1. The fourth-order valence-electron chi connectivity index (χ4n) is 1.37. The van der Waals surface area contributed by atoms with Crippen LogP contribution in [0.5, 0.6) is 0 Å². The predicted octanol–water partition coefficient (Wildman–Crippen LogP) is 1.68. The van der Waals surface area contributed by atoms with Crippen molar-refractivity contribution in [2.75, 3.05) is 25.1 Å². The fourth-order valence-corrected chi connectivity index (χ4v) is 1.37. The second kappa shape index (κ2) is 7.32. The van der Waals surface area contributed by atoms with Gasteiger partial charge in [-0.2, -0.15) is 0 Å². The lowest BCUT2D eigenvalue weighted by Crippen LogP contribution is -2.32. The topological polar surface area (TPSA) is 87.7 Å². The normalized spacial score (nSPS) is 10.0. The summed E-state index contributed by atoms with van der Waals surface area (Å²) in [5.41, 5.74) is -0.663. The number of urea groups is 1. The van der Waals surface area contributed by atoms with Gasteiger partial charge in [0.15, 0.2) is 0 Å². The molecular weight excluding hydrogens is 255 g/mol. The molecule has 0 saturated heterocycles. The first-order valence-electron chi connectivity index (χ1n) is 5.70. The highest BCUT2D eigenvalue weighted by Gasteiger charge is 2.16. The van der Waals surface area contributed by atoms with E-state index in [1.807, 2.05) is 6.92 Å². The standard InChI is InChI=1S/C12H15FN2O4/c1-2-19-7-6-14-12(18)15-10-8(11(16)17)4-3-5-9(10)13/h3-5H,2,6-7H2,1H3,(H,16,17)(H2,14,15,18). The van der Waals surface area contributed by atoms with Gasteiger partial charge in [-0.3, -0.25) is 0 Å². The lowest BCUT2D eigenvalue weighted by Gasteiger charge is -2.10. The van der Waals surface area contributed by atoms with Gasteiger partial charge in [0.2, 0.25) is 0 Å². The molecule has 0 aliphatic carbocycles. The monoisotopic (exact) mass is 270 g/mol. The summed E-state index contributed by atoms with van der Waals surface area (Å²) in [5.74, 6) is -2.12. The minimum Gasteiger partial charge on any atom is -0.478 e. The average Bonchev–Trinajstić information content (AvgIpc) is 2.37. The van der Waals surface area contributed by atoms with Crippen LogP contribution in [0.25, 0.3) is 0 Å². The first-order chi connectivity index (χ1) is 9.06. The van der Waals surface area contributed by atoms with Crippen molar-refractivity contribution in [2.45, 2.75) is 6.92 Å². The SMILES string of the molecule is CCOCCNC(=O)Nc1c(F)cccc1C(=O)O. The Balaban J connectivity index is 2.66. The molecule has 0 radical (unpaired) electrons. The van der Waals surface area contributed by atoms with Gasteiger partial charge in [-0.25, -0.2) is 14.0 Å². The van der Waals surface area contributed by atoms with Gasteiger partial charge in [0, 0.05) is 13.2 Å². The van der Waals surface area contributed by atoms with Crippen molar-refractivity contribution in [1.82, 2.24) is 5.32 Å². The average molecular weight is 270 g/mol. The van der Waals surface area contributed by atoms with Crippen molar-refractivity contribution < 1.29 is 23.8 Å². The largest absolute Gasteiger partial charge is 0.478 e. The molecule has 7 heteroatoms. The molecule has 2 amide bonds. The van der Waals surface area contributed by atoms with E-state index in [1.54, 1.807) is 0 Å². The summed E-state index contributed by atoms with van der Waals surface area (Å²) >= 11 is 0. The number of carboxylic acids is 1. The molecule has 0 aliphatic heterocycles. The van der Waals surface area contributed by atoms with Crippen molar-refractivity contribution in [3.05, 3.63) is 29.6 Å². The van der Waals surface area contributed by atoms with Crippen molar-refractivity contribution in [2.24, 2.45) is 0 Å². The number of aromatic carboxylic acids is 1. The Morgan fingerprint density at radius 1 is 1.42 bits per heavy atom. The van der Waals surface area contributed by atoms with Gasteiger partial charge >= 0.3 is 12.0 Å². The van der Waals surface area contributed by atoms with Gasteiger partial charge in [-0.05, 0) is 19.1 Å². The molecule has 104 valence electrons. The molecule has 1 rings (SSSR count). The molecular formula is C12H15FN2O4. The summed E-state index contributed by atoms with van der Waals surface area (Å²) < 4.78 is 18.5. The Kier molecular flexibility index (Phi) is 5.74. The first-order valence-corrected chi connectivity index (χ1v) is 5.70. The number of rotatable bonds is 6. The molecule has 6 nitrogen and oxygen atoms in total. The zero-order valence-electron chi connectivity index (χ0n) is 10.4. The maximum Gasteiger partial charge on any atom is 0.337 e. The number of carbonyl (C=O) groups excluding carboxylic acids is 1. The van der Waals surface area contributed by atoms with Crippen LogP contribution in [0.15, 0.2) is 18.2 Å². The highest BCUT2D eigenvalue weighted by molar-refractivity contribution is 6.00. The lowest BCUT2D eigenvalue weighted by atomic mass is 10.1. The molecule has 0 aliphatic rings. The zero-order chi connectivity index (χ0) is 14.3. The smallest absolute Gasteiger partial charge is 0.337 e. The van der Waals surface area contributed by atoms with Crippen LogP contribution in [-0.4, -0.2) is 36.9 Å². The molecule has 3 N–H and O–H groups in total. The Morgan fingerprint density at radius 3 is 2.79 bits per heavy atom. The molecule has 0 aromatic heterocycles. The molecule has 0 spiro atoms. The van der Waals surface area contributed by atoms with Crippen LogP contribution < -0.4 is 10.6 Å². The summed E-state index contributed by atoms with van der Waals surface area (Å²) in [7, 11) is 0. The second-order valence-electron chi connectivity index (χ2n) is 3.55. The van der Waals surface area contributed by atoms with E-state index in [2.05, 4.69) is 10.6 Å². The van der Waals surface area contributed by atoms with Crippen molar-refractivity contribution in [1.29, 1.82) is 0 Å². The predicted molar refractivity (Wildman–Crippen MR) is 66.9 cm³/mol. The highest BCUT2D eigenvalue weighted by Crippen LogP contribution is 2.19. The Labute approximate surface area is 109 Å². The third-order valence-corrected chi connectivity index (χ3v) is 2.22. The number of hydrogen-bond acceptors (Lipinski definition) is 3. The summed E-state index contributed by atoms with van der Waals surface area (Å²) in [6.07, 6.45) is 0. The molecule has 1 aromatic carbocycles. The number of amides is 2. The Morgan fingerprint density at radius 2 is 2.16 bits per heavy atom. The summed E-state index contributed by atoms with van der Waals surface area (Å²) in [4.78, 5) is 22.4. The fraction of sp³-hybridized carbons (Fsp3) is 0.333. The minimum atomic E-state index is -1.32. The number of ether oxygens (including phenoxy) is 1. The van der Waals surface area contributed by atoms with Crippen LogP contribution in [0.2, 0.25) is 0 Å². The zero-order valence-corrected chi connectivity index (χ0v) is 10.4. The van der Waals surface area contributed by atoms with E-state index in [4.69, 9.17) is 9.84 Å². The van der Waals surface area contributed by atoms with E-state index in [0.717, 1.165) is 6.07 Å². The van der Waals surface area contributed by atoms with Gasteiger partial charge in [-0.15, -0.1) is 0 Å². The maximum atomic E-state index is 13.5. The number of nitrogens with one attached hydrogen (secondary N) is 2. The Bertz CT molecular complexity index is 465. The Hall–Kier alpha value is -2.15. The van der Waals surface area contributed by atoms with E-state index in [1.165, 1.54) is 12.1 Å². The number of carboxylic acid groups (broad SMARTS) is 1. The van der Waals surface area contributed by atoms with E-state index >= 15 is 0 Å². The van der Waals surface area contributed by atoms with Gasteiger partial charge in [-0.1, -0.05) is 6.07 Å². The number of hydrogen-bond donors (Lipinski definition) is 3. The number of carbonyl (C=O) groups is 2. The van der Waals surface area contributed by atoms with Gasteiger partial charge in [0.05, 0.1) is 17.9 Å². The molecule has 0 unspecified atom stereocenters. The van der Waals surface area contributed by atoms with Gasteiger partial charge in [0.1, 0.15) is 5.82 Å². The minimum absolute atomic E-state index is 0.247. The molecule has 0 fully saturated rings. The molecule has 0 atom stereocenters. The van der Waals surface area contributed by atoms with Crippen molar-refractivity contribution in [3.8, 4) is 0 Å². The molecule has 1 aromatic rings. The number of para-hydroxylation sites is 1. The van der Waals surface area contributed by atoms with Crippen LogP contribution in [0.3, 0.4) is 0 Å². The van der Waals surface area contributed by atoms with Crippen LogP contribution in [0.4, 0.5) is 14.9 Å². The molecule has 0 saturated carbocycles. The third-order valence-electron chi connectivity index (χ3n) is 2.22. The third kappa shape index (κ3) is 4.55.